The molecule has 1 fully saturated rings. The third-order valence-electron chi connectivity index (χ3n) is 2.83. The maximum Gasteiger partial charge on any atom is 0.416 e. The van der Waals surface area contributed by atoms with E-state index in [1.54, 1.807) is 0 Å². The first-order valence-electron chi connectivity index (χ1n) is 5.40. The first-order chi connectivity index (χ1) is 8.41. The monoisotopic (exact) mass is 318 g/mol. The Morgan fingerprint density at radius 3 is 2.42 bits per heavy atom. The van der Waals surface area contributed by atoms with Crippen LogP contribution in [0, 0.1) is 5.82 Å². The minimum atomic E-state index is -4.60. The van der Waals surface area contributed by atoms with Crippen molar-refractivity contribution in [2.45, 2.75) is 12.2 Å². The summed E-state index contributed by atoms with van der Waals surface area (Å²) in [5, 5.41) is 5.47. The Balaban J connectivity index is 0.00000180. The summed E-state index contributed by atoms with van der Waals surface area (Å²) < 4.78 is 52.4. The predicted molar refractivity (Wildman–Crippen MR) is 67.3 cm³/mol. The minimum Gasteiger partial charge on any atom is -0.314 e. The van der Waals surface area contributed by atoms with Crippen LogP contribution >= 0.6 is 24.0 Å². The molecule has 19 heavy (non-hydrogen) atoms. The van der Waals surface area contributed by atoms with Gasteiger partial charge in [-0.1, -0.05) is 11.6 Å². The minimum absolute atomic E-state index is 0. The van der Waals surface area contributed by atoms with Crippen LogP contribution in [-0.2, 0) is 6.18 Å². The zero-order valence-electron chi connectivity index (χ0n) is 9.65. The van der Waals surface area contributed by atoms with Crippen LogP contribution in [0.2, 0.25) is 5.02 Å². The molecule has 1 atom stereocenters. The van der Waals surface area contributed by atoms with Crippen LogP contribution in [0.25, 0.3) is 0 Å². The second-order valence-electron chi connectivity index (χ2n) is 4.03. The summed E-state index contributed by atoms with van der Waals surface area (Å²) in [7, 11) is 0. The Morgan fingerprint density at radius 2 is 1.89 bits per heavy atom. The molecule has 0 aliphatic carbocycles. The maximum atomic E-state index is 13.9. The Morgan fingerprint density at radius 1 is 1.21 bits per heavy atom. The van der Waals surface area contributed by atoms with E-state index < -0.39 is 29.2 Å². The summed E-state index contributed by atoms with van der Waals surface area (Å²) >= 11 is 5.56. The summed E-state index contributed by atoms with van der Waals surface area (Å²) in [4.78, 5) is 0. The molecule has 0 saturated carbocycles. The summed E-state index contributed by atoms with van der Waals surface area (Å²) in [6, 6.07) is 1.02. The number of halogens is 6. The van der Waals surface area contributed by atoms with Gasteiger partial charge >= 0.3 is 6.18 Å². The lowest BCUT2D eigenvalue weighted by Gasteiger charge is -2.27. The topological polar surface area (TPSA) is 24.1 Å². The van der Waals surface area contributed by atoms with Gasteiger partial charge in [0.15, 0.2) is 0 Å². The van der Waals surface area contributed by atoms with Crippen LogP contribution in [0.15, 0.2) is 12.1 Å². The van der Waals surface area contributed by atoms with Crippen LogP contribution in [0.5, 0.6) is 0 Å². The van der Waals surface area contributed by atoms with E-state index in [0.29, 0.717) is 13.1 Å². The standard InChI is InChI=1S/C11H11ClF4N2.ClH/c12-7-2-1-6(11(14,15)16)9(10(7)13)8-5-17-3-4-18-8;/h1-2,8,17-18H,3-5H2;1H/t8-;/m0./s1. The zero-order chi connectivity index (χ0) is 13.3. The highest BCUT2D eigenvalue weighted by Gasteiger charge is 2.37. The molecule has 1 aromatic rings. The lowest BCUT2D eigenvalue weighted by Crippen LogP contribution is -2.43. The highest BCUT2D eigenvalue weighted by molar-refractivity contribution is 6.30. The summed E-state index contributed by atoms with van der Waals surface area (Å²) in [6.07, 6.45) is -4.60. The van der Waals surface area contributed by atoms with E-state index in [-0.39, 0.29) is 24.0 Å². The molecule has 1 saturated heterocycles. The van der Waals surface area contributed by atoms with Crippen molar-refractivity contribution in [3.63, 3.8) is 0 Å². The van der Waals surface area contributed by atoms with Crippen LogP contribution in [0.3, 0.4) is 0 Å². The van der Waals surface area contributed by atoms with E-state index in [1.165, 1.54) is 0 Å². The molecule has 0 unspecified atom stereocenters. The molecule has 1 aliphatic rings. The second kappa shape index (κ2) is 6.26. The van der Waals surface area contributed by atoms with Crippen molar-refractivity contribution < 1.29 is 17.6 Å². The number of rotatable bonds is 1. The van der Waals surface area contributed by atoms with Crippen molar-refractivity contribution in [3.05, 3.63) is 34.1 Å². The van der Waals surface area contributed by atoms with Crippen molar-refractivity contribution in [2.75, 3.05) is 19.6 Å². The molecule has 108 valence electrons. The van der Waals surface area contributed by atoms with Crippen LogP contribution < -0.4 is 10.6 Å². The number of alkyl halides is 3. The van der Waals surface area contributed by atoms with E-state index in [9.17, 15) is 17.6 Å². The zero-order valence-corrected chi connectivity index (χ0v) is 11.2. The molecule has 0 aromatic heterocycles. The third kappa shape index (κ3) is 3.51. The number of benzene rings is 1. The molecular weight excluding hydrogens is 307 g/mol. The van der Waals surface area contributed by atoms with E-state index in [0.717, 1.165) is 12.1 Å². The van der Waals surface area contributed by atoms with E-state index in [4.69, 9.17) is 11.6 Å². The molecule has 8 heteroatoms. The van der Waals surface area contributed by atoms with Gasteiger partial charge in [0.1, 0.15) is 5.82 Å². The first-order valence-corrected chi connectivity index (χ1v) is 5.78. The first kappa shape index (κ1) is 16.5. The molecule has 2 rings (SSSR count). The molecule has 2 N–H and O–H groups in total. The normalized spacial score (nSPS) is 19.9. The smallest absolute Gasteiger partial charge is 0.314 e. The van der Waals surface area contributed by atoms with Gasteiger partial charge in [0.25, 0.3) is 0 Å². The fourth-order valence-electron chi connectivity index (χ4n) is 2.01. The van der Waals surface area contributed by atoms with Crippen molar-refractivity contribution in [3.8, 4) is 0 Å². The Labute approximate surface area is 118 Å². The number of nitrogens with one attached hydrogen (secondary N) is 2. The van der Waals surface area contributed by atoms with Crippen LogP contribution in [0.4, 0.5) is 17.6 Å². The average molecular weight is 319 g/mol. The fraction of sp³-hybridized carbons (Fsp3) is 0.455. The third-order valence-corrected chi connectivity index (χ3v) is 3.12. The van der Waals surface area contributed by atoms with Crippen molar-refractivity contribution in [2.24, 2.45) is 0 Å². The Bertz CT molecular complexity index is 445. The molecule has 0 radical (unpaired) electrons. The lowest BCUT2D eigenvalue weighted by molar-refractivity contribution is -0.138. The van der Waals surface area contributed by atoms with E-state index in [1.807, 2.05) is 0 Å². The summed E-state index contributed by atoms with van der Waals surface area (Å²) in [5.41, 5.74) is -1.40. The van der Waals surface area contributed by atoms with Crippen LogP contribution in [-0.4, -0.2) is 19.6 Å². The van der Waals surface area contributed by atoms with E-state index >= 15 is 0 Å². The molecule has 2 nitrogen and oxygen atoms in total. The Hall–Kier alpha value is -0.560. The average Bonchev–Trinajstić information content (AvgIpc) is 2.32. The van der Waals surface area contributed by atoms with E-state index in [2.05, 4.69) is 10.6 Å². The van der Waals surface area contributed by atoms with Gasteiger partial charge in [-0.3, -0.25) is 0 Å². The molecule has 0 spiro atoms. The van der Waals surface area contributed by atoms with Gasteiger partial charge in [-0.25, -0.2) is 4.39 Å². The van der Waals surface area contributed by atoms with Gasteiger partial charge in [-0.2, -0.15) is 13.2 Å². The van der Waals surface area contributed by atoms with Gasteiger partial charge in [0, 0.05) is 31.2 Å². The summed E-state index contributed by atoms with van der Waals surface area (Å²) in [6.45, 7) is 1.36. The molecule has 1 heterocycles. The van der Waals surface area contributed by atoms with Gasteiger partial charge in [-0.15, -0.1) is 12.4 Å². The molecular formula is C11H12Cl2F4N2. The highest BCUT2D eigenvalue weighted by atomic mass is 35.5. The van der Waals surface area contributed by atoms with Gasteiger partial charge in [-0.05, 0) is 12.1 Å². The van der Waals surface area contributed by atoms with Crippen molar-refractivity contribution >= 4 is 24.0 Å². The fourth-order valence-corrected chi connectivity index (χ4v) is 2.18. The largest absolute Gasteiger partial charge is 0.416 e. The van der Waals surface area contributed by atoms with Gasteiger partial charge in [0.05, 0.1) is 10.6 Å². The number of hydrogen-bond acceptors (Lipinski definition) is 2. The quantitative estimate of drug-likeness (QED) is 0.777. The van der Waals surface area contributed by atoms with Gasteiger partial charge < -0.3 is 10.6 Å². The maximum absolute atomic E-state index is 13.9. The second-order valence-corrected chi connectivity index (χ2v) is 4.44. The van der Waals surface area contributed by atoms with Crippen molar-refractivity contribution in [1.29, 1.82) is 0 Å². The molecule has 0 amide bonds. The molecule has 1 aromatic carbocycles. The predicted octanol–water partition coefficient (Wildman–Crippen LogP) is 3.15. The number of hydrogen-bond donors (Lipinski definition) is 2. The Kier molecular flexibility index (Phi) is 5.43. The highest BCUT2D eigenvalue weighted by Crippen LogP contribution is 2.38. The summed E-state index contributed by atoms with van der Waals surface area (Å²) in [5.74, 6) is -1.01. The van der Waals surface area contributed by atoms with Gasteiger partial charge in [0.2, 0.25) is 0 Å². The number of piperazine rings is 1. The molecule has 1 aliphatic heterocycles. The molecule has 0 bridgehead atoms. The lowest BCUT2D eigenvalue weighted by atomic mass is 9.98. The van der Waals surface area contributed by atoms with Crippen molar-refractivity contribution in [1.82, 2.24) is 10.6 Å². The SMILES string of the molecule is Cl.Fc1c(Cl)ccc(C(F)(F)F)c1[C@@H]1CNCCN1. The van der Waals surface area contributed by atoms with Crippen LogP contribution in [0.1, 0.15) is 17.2 Å².